The fourth-order valence-corrected chi connectivity index (χ4v) is 1.97. The van der Waals surface area contributed by atoms with Gasteiger partial charge in [-0.25, -0.2) is 0 Å². The first-order valence-corrected chi connectivity index (χ1v) is 5.05. The van der Waals surface area contributed by atoms with Crippen molar-refractivity contribution in [3.8, 4) is 0 Å². The SMILES string of the molecule is [Cu].c1ccc(Sc2ccccc2)cc1. The molecule has 0 bridgehead atoms. The summed E-state index contributed by atoms with van der Waals surface area (Å²) in [6, 6.07) is 20.8. The van der Waals surface area contributed by atoms with Crippen LogP contribution in [0.25, 0.3) is 0 Å². The molecular formula is C12H10CuS. The third-order valence-electron chi connectivity index (χ3n) is 1.72. The van der Waals surface area contributed by atoms with Crippen LogP contribution in [0.15, 0.2) is 70.5 Å². The molecule has 0 atom stereocenters. The monoisotopic (exact) mass is 249 g/mol. The van der Waals surface area contributed by atoms with Crippen molar-refractivity contribution < 1.29 is 17.1 Å². The van der Waals surface area contributed by atoms with Crippen molar-refractivity contribution >= 4 is 11.8 Å². The first kappa shape index (κ1) is 11.4. The molecule has 0 unspecified atom stereocenters. The summed E-state index contributed by atoms with van der Waals surface area (Å²) in [5.74, 6) is 0. The summed E-state index contributed by atoms with van der Waals surface area (Å²) in [6.07, 6.45) is 0. The Morgan fingerprint density at radius 2 is 0.929 bits per heavy atom. The molecular weight excluding hydrogens is 240 g/mol. The van der Waals surface area contributed by atoms with Gasteiger partial charge in [-0.3, -0.25) is 0 Å². The standard InChI is InChI=1S/C12H10S.Cu/c1-3-7-11(8-4-1)13-12-9-5-2-6-10-12;/h1-10H;. The Morgan fingerprint density at radius 3 is 1.29 bits per heavy atom. The van der Waals surface area contributed by atoms with Crippen molar-refractivity contribution in [3.63, 3.8) is 0 Å². The van der Waals surface area contributed by atoms with Crippen LogP contribution in [0.3, 0.4) is 0 Å². The fraction of sp³-hybridized carbons (Fsp3) is 0. The second-order valence-electron chi connectivity index (χ2n) is 2.73. The zero-order chi connectivity index (χ0) is 8.93. The molecule has 1 radical (unpaired) electrons. The molecule has 0 aromatic heterocycles. The minimum absolute atomic E-state index is 0. The molecule has 0 N–H and O–H groups in total. The first-order chi connectivity index (χ1) is 6.45. The summed E-state index contributed by atoms with van der Waals surface area (Å²) in [6.45, 7) is 0. The van der Waals surface area contributed by atoms with Gasteiger partial charge in [-0.15, -0.1) is 0 Å². The molecule has 2 aromatic carbocycles. The van der Waals surface area contributed by atoms with Crippen LogP contribution in [-0.2, 0) is 17.1 Å². The van der Waals surface area contributed by atoms with E-state index in [1.165, 1.54) is 9.79 Å². The van der Waals surface area contributed by atoms with E-state index < -0.39 is 0 Å². The molecule has 0 saturated heterocycles. The van der Waals surface area contributed by atoms with Crippen LogP contribution in [0.5, 0.6) is 0 Å². The predicted molar refractivity (Wildman–Crippen MR) is 57.0 cm³/mol. The van der Waals surface area contributed by atoms with Gasteiger partial charge in [0.25, 0.3) is 0 Å². The van der Waals surface area contributed by atoms with Crippen molar-refractivity contribution in [2.75, 3.05) is 0 Å². The minimum Gasteiger partial charge on any atom is -0.0901 e. The van der Waals surface area contributed by atoms with E-state index in [0.717, 1.165) is 0 Å². The summed E-state index contributed by atoms with van der Waals surface area (Å²) in [5, 5.41) is 0. The van der Waals surface area contributed by atoms with Crippen LogP contribution in [0.1, 0.15) is 0 Å². The van der Waals surface area contributed by atoms with Gasteiger partial charge in [-0.1, -0.05) is 48.2 Å². The van der Waals surface area contributed by atoms with Crippen LogP contribution >= 0.6 is 11.8 Å². The quantitative estimate of drug-likeness (QED) is 0.729. The molecule has 75 valence electrons. The van der Waals surface area contributed by atoms with Crippen molar-refractivity contribution in [2.24, 2.45) is 0 Å². The summed E-state index contributed by atoms with van der Waals surface area (Å²) in [5.41, 5.74) is 0. The molecule has 0 saturated carbocycles. The van der Waals surface area contributed by atoms with E-state index in [2.05, 4.69) is 48.5 Å². The summed E-state index contributed by atoms with van der Waals surface area (Å²) in [7, 11) is 0. The molecule has 0 heterocycles. The Hall–Kier alpha value is -0.691. The van der Waals surface area contributed by atoms with Crippen LogP contribution in [-0.4, -0.2) is 0 Å². The van der Waals surface area contributed by atoms with Crippen LogP contribution in [0.4, 0.5) is 0 Å². The summed E-state index contributed by atoms with van der Waals surface area (Å²) < 4.78 is 0. The molecule has 0 aliphatic rings. The topological polar surface area (TPSA) is 0 Å². The average Bonchev–Trinajstić information content (AvgIpc) is 2.21. The van der Waals surface area contributed by atoms with E-state index in [-0.39, 0.29) is 17.1 Å². The van der Waals surface area contributed by atoms with Gasteiger partial charge in [0.05, 0.1) is 0 Å². The molecule has 0 nitrogen and oxygen atoms in total. The van der Waals surface area contributed by atoms with Gasteiger partial charge in [-0.05, 0) is 24.3 Å². The van der Waals surface area contributed by atoms with Gasteiger partial charge in [0, 0.05) is 26.9 Å². The van der Waals surface area contributed by atoms with Crippen LogP contribution in [0, 0.1) is 0 Å². The number of hydrogen-bond acceptors (Lipinski definition) is 1. The normalized spacial score (nSPS) is 9.14. The van der Waals surface area contributed by atoms with Gasteiger partial charge in [0.2, 0.25) is 0 Å². The van der Waals surface area contributed by atoms with Gasteiger partial charge in [0.15, 0.2) is 0 Å². The zero-order valence-electron chi connectivity index (χ0n) is 7.48. The van der Waals surface area contributed by atoms with E-state index in [0.29, 0.717) is 0 Å². The van der Waals surface area contributed by atoms with Gasteiger partial charge in [-0.2, -0.15) is 0 Å². The maximum Gasteiger partial charge on any atom is 0.0122 e. The Bertz CT molecular complexity index is 321. The van der Waals surface area contributed by atoms with E-state index in [1.807, 2.05) is 12.1 Å². The average molecular weight is 250 g/mol. The van der Waals surface area contributed by atoms with Gasteiger partial charge < -0.3 is 0 Å². The van der Waals surface area contributed by atoms with Gasteiger partial charge >= 0.3 is 0 Å². The van der Waals surface area contributed by atoms with Gasteiger partial charge in [0.1, 0.15) is 0 Å². The zero-order valence-corrected chi connectivity index (χ0v) is 9.24. The molecule has 2 rings (SSSR count). The number of rotatable bonds is 2. The van der Waals surface area contributed by atoms with Crippen molar-refractivity contribution in [1.82, 2.24) is 0 Å². The number of hydrogen-bond donors (Lipinski definition) is 0. The van der Waals surface area contributed by atoms with E-state index in [4.69, 9.17) is 0 Å². The second kappa shape index (κ2) is 5.92. The smallest absolute Gasteiger partial charge is 0.0122 e. The minimum atomic E-state index is 0. The number of benzene rings is 2. The molecule has 2 heteroatoms. The Balaban J connectivity index is 0.000000980. The van der Waals surface area contributed by atoms with Crippen LogP contribution < -0.4 is 0 Å². The largest absolute Gasteiger partial charge is 0.0901 e. The molecule has 0 fully saturated rings. The first-order valence-electron chi connectivity index (χ1n) is 4.23. The van der Waals surface area contributed by atoms with Crippen molar-refractivity contribution in [1.29, 1.82) is 0 Å². The van der Waals surface area contributed by atoms with E-state index in [9.17, 15) is 0 Å². The summed E-state index contributed by atoms with van der Waals surface area (Å²) in [4.78, 5) is 2.57. The molecule has 0 aliphatic heterocycles. The molecule has 2 aromatic rings. The predicted octanol–water partition coefficient (Wildman–Crippen LogP) is 3.84. The van der Waals surface area contributed by atoms with Crippen molar-refractivity contribution in [2.45, 2.75) is 9.79 Å². The summed E-state index contributed by atoms with van der Waals surface area (Å²) >= 11 is 1.79. The third kappa shape index (κ3) is 3.22. The molecule has 0 amide bonds. The van der Waals surface area contributed by atoms with Crippen molar-refractivity contribution in [3.05, 3.63) is 60.7 Å². The van der Waals surface area contributed by atoms with E-state index in [1.54, 1.807) is 11.8 Å². The molecule has 0 aliphatic carbocycles. The molecule has 0 spiro atoms. The fourth-order valence-electron chi connectivity index (χ4n) is 1.11. The van der Waals surface area contributed by atoms with E-state index >= 15 is 0 Å². The Labute approximate surface area is 99.2 Å². The Kier molecular flexibility index (Phi) is 4.81. The maximum absolute atomic E-state index is 2.12. The third-order valence-corrected chi connectivity index (χ3v) is 2.74. The molecule has 14 heavy (non-hydrogen) atoms. The second-order valence-corrected chi connectivity index (χ2v) is 3.88. The van der Waals surface area contributed by atoms with Crippen LogP contribution in [0.2, 0.25) is 0 Å². The Morgan fingerprint density at radius 1 is 0.571 bits per heavy atom. The maximum atomic E-state index is 2.12.